The third-order valence-corrected chi connectivity index (χ3v) is 4.83. The van der Waals surface area contributed by atoms with Crippen LogP contribution in [0.2, 0.25) is 0 Å². The van der Waals surface area contributed by atoms with Crippen molar-refractivity contribution in [3.8, 4) is 0 Å². The molecule has 3 heteroatoms. The zero-order valence-electron chi connectivity index (χ0n) is 13.4. The number of aryl methyl sites for hydroxylation is 1. The van der Waals surface area contributed by atoms with Crippen LogP contribution in [-0.2, 0) is 0 Å². The summed E-state index contributed by atoms with van der Waals surface area (Å²) in [6.07, 6.45) is 6.97. The van der Waals surface area contributed by atoms with E-state index in [1.807, 2.05) is 0 Å². The number of nitrogens with zero attached hydrogens (tertiary/aromatic N) is 1. The van der Waals surface area contributed by atoms with Crippen molar-refractivity contribution >= 4 is 5.82 Å². The van der Waals surface area contributed by atoms with Gasteiger partial charge in [-0.05, 0) is 62.1 Å². The molecule has 1 heterocycles. The number of nitrogens with two attached hydrogens (primary N) is 1. The smallest absolute Gasteiger partial charge is 0.128 e. The Kier molecular flexibility index (Phi) is 4.69. The second-order valence-electron chi connectivity index (χ2n) is 6.96. The predicted octanol–water partition coefficient (Wildman–Crippen LogP) is 3.84. The van der Waals surface area contributed by atoms with Crippen LogP contribution >= 0.6 is 0 Å². The molecule has 2 rings (SSSR count). The molecule has 0 saturated heterocycles. The standard InChI is InChI=1S/C17H29N3/c1-5-19-15(13-6-9-17(3,4)10-7-13)14-12(2)8-11-20-16(14)18/h8,11,13,15,19H,5-7,9-10H2,1-4H3,(H2,18,20). The molecular formula is C17H29N3. The number of rotatable bonds is 4. The van der Waals surface area contributed by atoms with E-state index < -0.39 is 0 Å². The van der Waals surface area contributed by atoms with Crippen molar-refractivity contribution < 1.29 is 0 Å². The van der Waals surface area contributed by atoms with Crippen LogP contribution in [0.4, 0.5) is 5.82 Å². The minimum atomic E-state index is 0.352. The third-order valence-electron chi connectivity index (χ3n) is 4.83. The summed E-state index contributed by atoms with van der Waals surface area (Å²) in [5.41, 5.74) is 9.14. The van der Waals surface area contributed by atoms with Gasteiger partial charge in [-0.3, -0.25) is 0 Å². The lowest BCUT2D eigenvalue weighted by atomic mass is 9.70. The lowest BCUT2D eigenvalue weighted by molar-refractivity contribution is 0.162. The van der Waals surface area contributed by atoms with Crippen molar-refractivity contribution in [1.29, 1.82) is 0 Å². The van der Waals surface area contributed by atoms with Crippen LogP contribution in [0.5, 0.6) is 0 Å². The van der Waals surface area contributed by atoms with Gasteiger partial charge in [0.15, 0.2) is 0 Å². The summed E-state index contributed by atoms with van der Waals surface area (Å²) in [5.74, 6) is 1.37. The van der Waals surface area contributed by atoms with Crippen molar-refractivity contribution in [1.82, 2.24) is 10.3 Å². The molecule has 1 aromatic rings. The molecule has 0 aliphatic heterocycles. The van der Waals surface area contributed by atoms with E-state index in [0.29, 0.717) is 23.2 Å². The molecular weight excluding hydrogens is 246 g/mol. The highest BCUT2D eigenvalue weighted by Crippen LogP contribution is 2.43. The van der Waals surface area contributed by atoms with Gasteiger partial charge >= 0.3 is 0 Å². The number of anilines is 1. The Morgan fingerprint density at radius 3 is 2.60 bits per heavy atom. The molecule has 1 atom stereocenters. The van der Waals surface area contributed by atoms with E-state index in [2.05, 4.69) is 44.1 Å². The fourth-order valence-electron chi connectivity index (χ4n) is 3.47. The lowest BCUT2D eigenvalue weighted by Crippen LogP contribution is -2.34. The van der Waals surface area contributed by atoms with Gasteiger partial charge in [0.2, 0.25) is 0 Å². The maximum absolute atomic E-state index is 6.16. The molecule has 0 amide bonds. The number of hydrogen-bond donors (Lipinski definition) is 2. The zero-order chi connectivity index (χ0) is 14.8. The van der Waals surface area contributed by atoms with Gasteiger partial charge in [0, 0.05) is 17.8 Å². The number of pyridine rings is 1. The third kappa shape index (κ3) is 3.32. The van der Waals surface area contributed by atoms with Crippen molar-refractivity contribution in [2.75, 3.05) is 12.3 Å². The Bertz CT molecular complexity index is 423. The summed E-state index contributed by atoms with van der Waals surface area (Å²) < 4.78 is 0. The van der Waals surface area contributed by atoms with Crippen LogP contribution in [0.15, 0.2) is 12.3 Å². The average Bonchev–Trinajstić information content (AvgIpc) is 2.38. The molecule has 0 bridgehead atoms. The van der Waals surface area contributed by atoms with Crippen LogP contribution in [0, 0.1) is 18.3 Å². The topological polar surface area (TPSA) is 50.9 Å². The summed E-state index contributed by atoms with van der Waals surface area (Å²) >= 11 is 0. The fourth-order valence-corrected chi connectivity index (χ4v) is 3.47. The second kappa shape index (κ2) is 6.13. The SMILES string of the molecule is CCNC(c1c(C)ccnc1N)C1CCC(C)(C)CC1. The van der Waals surface area contributed by atoms with Gasteiger partial charge in [-0.2, -0.15) is 0 Å². The van der Waals surface area contributed by atoms with Gasteiger partial charge in [-0.25, -0.2) is 4.98 Å². The first kappa shape index (κ1) is 15.3. The molecule has 1 aliphatic carbocycles. The quantitative estimate of drug-likeness (QED) is 0.877. The first-order valence-corrected chi connectivity index (χ1v) is 7.89. The summed E-state index contributed by atoms with van der Waals surface area (Å²) in [6.45, 7) is 10.1. The maximum atomic E-state index is 6.16. The van der Waals surface area contributed by atoms with E-state index in [4.69, 9.17) is 5.73 Å². The molecule has 3 N–H and O–H groups in total. The molecule has 3 nitrogen and oxygen atoms in total. The van der Waals surface area contributed by atoms with Gasteiger partial charge in [0.1, 0.15) is 5.82 Å². The molecule has 0 spiro atoms. The normalized spacial score (nSPS) is 20.8. The Morgan fingerprint density at radius 1 is 1.40 bits per heavy atom. The van der Waals surface area contributed by atoms with E-state index in [1.54, 1.807) is 6.20 Å². The molecule has 0 radical (unpaired) electrons. The summed E-state index contributed by atoms with van der Waals surface area (Å²) in [5, 5.41) is 3.66. The number of nitrogens with one attached hydrogen (secondary N) is 1. The minimum Gasteiger partial charge on any atom is -0.383 e. The number of nitrogen functional groups attached to an aromatic ring is 1. The van der Waals surface area contributed by atoms with Crippen LogP contribution in [-0.4, -0.2) is 11.5 Å². The van der Waals surface area contributed by atoms with E-state index in [0.717, 1.165) is 6.54 Å². The molecule has 1 aromatic heterocycles. The van der Waals surface area contributed by atoms with Crippen molar-refractivity contribution in [2.45, 2.75) is 59.4 Å². The Balaban J connectivity index is 2.23. The van der Waals surface area contributed by atoms with Gasteiger partial charge < -0.3 is 11.1 Å². The average molecular weight is 275 g/mol. The highest BCUT2D eigenvalue weighted by atomic mass is 14.9. The Hall–Kier alpha value is -1.09. The van der Waals surface area contributed by atoms with Gasteiger partial charge in [-0.1, -0.05) is 20.8 Å². The number of hydrogen-bond acceptors (Lipinski definition) is 3. The van der Waals surface area contributed by atoms with Crippen molar-refractivity contribution in [2.24, 2.45) is 11.3 Å². The first-order chi connectivity index (χ1) is 9.44. The molecule has 20 heavy (non-hydrogen) atoms. The lowest BCUT2D eigenvalue weighted by Gasteiger charge is -2.39. The fraction of sp³-hybridized carbons (Fsp3) is 0.706. The largest absolute Gasteiger partial charge is 0.383 e. The van der Waals surface area contributed by atoms with Crippen molar-refractivity contribution in [3.63, 3.8) is 0 Å². The van der Waals surface area contributed by atoms with E-state index in [1.165, 1.54) is 36.8 Å². The zero-order valence-corrected chi connectivity index (χ0v) is 13.4. The molecule has 1 fully saturated rings. The summed E-state index contributed by atoms with van der Waals surface area (Å²) in [7, 11) is 0. The van der Waals surface area contributed by atoms with E-state index >= 15 is 0 Å². The van der Waals surface area contributed by atoms with E-state index in [9.17, 15) is 0 Å². The van der Waals surface area contributed by atoms with Gasteiger partial charge in [0.25, 0.3) is 0 Å². The Morgan fingerprint density at radius 2 is 2.05 bits per heavy atom. The summed E-state index contributed by atoms with van der Waals surface area (Å²) in [4.78, 5) is 4.30. The first-order valence-electron chi connectivity index (χ1n) is 7.89. The summed E-state index contributed by atoms with van der Waals surface area (Å²) in [6, 6.07) is 2.42. The molecule has 1 aliphatic rings. The molecule has 1 unspecified atom stereocenters. The highest BCUT2D eigenvalue weighted by Gasteiger charge is 2.33. The molecule has 1 saturated carbocycles. The minimum absolute atomic E-state index is 0.352. The molecule has 112 valence electrons. The van der Waals surface area contributed by atoms with Crippen molar-refractivity contribution in [3.05, 3.63) is 23.4 Å². The van der Waals surface area contributed by atoms with Crippen LogP contribution < -0.4 is 11.1 Å². The number of aromatic nitrogens is 1. The van der Waals surface area contributed by atoms with Gasteiger partial charge in [-0.15, -0.1) is 0 Å². The Labute approximate surface area is 123 Å². The molecule has 0 aromatic carbocycles. The monoisotopic (exact) mass is 275 g/mol. The highest BCUT2D eigenvalue weighted by molar-refractivity contribution is 5.46. The predicted molar refractivity (Wildman–Crippen MR) is 85.5 cm³/mol. The van der Waals surface area contributed by atoms with Crippen LogP contribution in [0.25, 0.3) is 0 Å². The van der Waals surface area contributed by atoms with Crippen LogP contribution in [0.1, 0.15) is 63.6 Å². The van der Waals surface area contributed by atoms with Gasteiger partial charge in [0.05, 0.1) is 0 Å². The maximum Gasteiger partial charge on any atom is 0.128 e. The second-order valence-corrected chi connectivity index (χ2v) is 6.96. The van der Waals surface area contributed by atoms with E-state index in [-0.39, 0.29) is 0 Å². The van der Waals surface area contributed by atoms with Crippen LogP contribution in [0.3, 0.4) is 0 Å².